The quantitative estimate of drug-likeness (QED) is 0.354. The Hall–Kier alpha value is -2.01. The molecule has 0 unspecified atom stereocenters. The third-order valence-electron chi connectivity index (χ3n) is 4.92. The zero-order valence-electron chi connectivity index (χ0n) is 17.0. The summed E-state index contributed by atoms with van der Waals surface area (Å²) < 4.78 is 0. The topological polar surface area (TPSA) is 49.0 Å². The predicted octanol–water partition coefficient (Wildman–Crippen LogP) is 7.36. The van der Waals surface area contributed by atoms with E-state index in [1.54, 1.807) is 36.2 Å². The van der Waals surface area contributed by atoms with E-state index in [-0.39, 0.29) is 11.7 Å². The molecule has 0 saturated carbocycles. The molecule has 1 heterocycles. The van der Waals surface area contributed by atoms with Crippen LogP contribution in [0, 0.1) is 0 Å². The second-order valence-corrected chi connectivity index (χ2v) is 8.51. The lowest BCUT2D eigenvalue weighted by atomic mass is 10.1. The number of unbranched alkanes of at least 4 members (excludes halogenated alkanes) is 3. The van der Waals surface area contributed by atoms with Gasteiger partial charge in [-0.25, -0.2) is 4.98 Å². The molecule has 0 aliphatic heterocycles. The summed E-state index contributed by atoms with van der Waals surface area (Å²) in [5.74, 6) is 0.122. The highest BCUT2D eigenvalue weighted by atomic mass is 35.5. The lowest BCUT2D eigenvalue weighted by Gasteiger charge is -2.15. The van der Waals surface area contributed by atoms with Crippen LogP contribution in [0.25, 0.3) is 22.5 Å². The van der Waals surface area contributed by atoms with Crippen LogP contribution in [0.3, 0.4) is 0 Å². The summed E-state index contributed by atoms with van der Waals surface area (Å²) in [7, 11) is 1.80. The Morgan fingerprint density at radius 1 is 1.00 bits per heavy atom. The Bertz CT molecular complexity index is 1020. The summed E-state index contributed by atoms with van der Waals surface area (Å²) in [6.45, 7) is 2.85. The summed E-state index contributed by atoms with van der Waals surface area (Å²) >= 11 is 18.6. The second-order valence-electron chi connectivity index (χ2n) is 7.23. The molecular formula is C23H24Cl3N3O. The van der Waals surface area contributed by atoms with Gasteiger partial charge in [0.2, 0.25) is 0 Å². The number of hydrogen-bond acceptors (Lipinski definition) is 2. The Balaban J connectivity index is 1.97. The monoisotopic (exact) mass is 463 g/mol. The van der Waals surface area contributed by atoms with Gasteiger partial charge in [-0.05, 0) is 36.8 Å². The van der Waals surface area contributed by atoms with Crippen LogP contribution in [0.15, 0.2) is 42.5 Å². The maximum absolute atomic E-state index is 13.0. The number of halogens is 3. The van der Waals surface area contributed by atoms with E-state index in [1.165, 1.54) is 6.42 Å². The molecule has 30 heavy (non-hydrogen) atoms. The number of hydrogen-bond donors (Lipinski definition) is 1. The number of nitrogens with one attached hydrogen (secondary N) is 1. The van der Waals surface area contributed by atoms with Crippen LogP contribution < -0.4 is 0 Å². The molecule has 1 amide bonds. The van der Waals surface area contributed by atoms with E-state index in [2.05, 4.69) is 16.9 Å². The largest absolute Gasteiger partial charge is 0.339 e. The third kappa shape index (κ3) is 5.37. The van der Waals surface area contributed by atoms with Crippen LogP contribution in [0.5, 0.6) is 0 Å². The molecule has 0 aliphatic rings. The van der Waals surface area contributed by atoms with Crippen LogP contribution in [0.2, 0.25) is 15.1 Å². The van der Waals surface area contributed by atoms with Crippen molar-refractivity contribution in [1.82, 2.24) is 14.9 Å². The minimum absolute atomic E-state index is 0.155. The molecule has 3 aromatic rings. The van der Waals surface area contributed by atoms with Crippen molar-refractivity contribution in [2.75, 3.05) is 13.6 Å². The average Bonchev–Trinajstić information content (AvgIpc) is 3.16. The number of amides is 1. The zero-order chi connectivity index (χ0) is 21.7. The Morgan fingerprint density at radius 3 is 2.37 bits per heavy atom. The van der Waals surface area contributed by atoms with Gasteiger partial charge in [-0.2, -0.15) is 0 Å². The highest BCUT2D eigenvalue weighted by Gasteiger charge is 2.22. The fraction of sp³-hybridized carbons (Fsp3) is 0.304. The Labute approximate surface area is 192 Å². The zero-order valence-corrected chi connectivity index (χ0v) is 19.3. The van der Waals surface area contributed by atoms with Crippen molar-refractivity contribution in [3.05, 3.63) is 63.4 Å². The number of benzene rings is 2. The Kier molecular flexibility index (Phi) is 7.81. The molecule has 1 aromatic heterocycles. The van der Waals surface area contributed by atoms with Crippen LogP contribution in [-0.2, 0) is 0 Å². The lowest BCUT2D eigenvalue weighted by Crippen LogP contribution is -2.28. The van der Waals surface area contributed by atoms with Crippen molar-refractivity contribution >= 4 is 40.7 Å². The highest BCUT2D eigenvalue weighted by molar-refractivity contribution is 6.36. The number of nitrogens with zero attached hydrogens (tertiary/aromatic N) is 2. The lowest BCUT2D eigenvalue weighted by molar-refractivity contribution is 0.0782. The van der Waals surface area contributed by atoms with Crippen LogP contribution >= 0.6 is 34.8 Å². The molecule has 4 nitrogen and oxygen atoms in total. The van der Waals surface area contributed by atoms with Gasteiger partial charge in [0, 0.05) is 34.8 Å². The van der Waals surface area contributed by atoms with Crippen molar-refractivity contribution in [3.8, 4) is 22.5 Å². The SMILES string of the molecule is CCCCCCN(C)C(=O)c1nc(-c2ccc(Cl)cc2)c(-c2ccc(Cl)cc2Cl)[nH]1. The average molecular weight is 465 g/mol. The smallest absolute Gasteiger partial charge is 0.289 e. The summed E-state index contributed by atoms with van der Waals surface area (Å²) in [4.78, 5) is 22.5. The predicted molar refractivity (Wildman–Crippen MR) is 126 cm³/mol. The van der Waals surface area contributed by atoms with Crippen LogP contribution in [0.4, 0.5) is 0 Å². The van der Waals surface area contributed by atoms with E-state index in [0.29, 0.717) is 33.0 Å². The fourth-order valence-electron chi connectivity index (χ4n) is 3.24. The van der Waals surface area contributed by atoms with E-state index < -0.39 is 0 Å². The van der Waals surface area contributed by atoms with Crippen molar-refractivity contribution in [2.45, 2.75) is 32.6 Å². The minimum atomic E-state index is -0.155. The Morgan fingerprint density at radius 2 is 1.70 bits per heavy atom. The van der Waals surface area contributed by atoms with Gasteiger partial charge in [-0.3, -0.25) is 4.79 Å². The first-order valence-electron chi connectivity index (χ1n) is 9.97. The van der Waals surface area contributed by atoms with E-state index >= 15 is 0 Å². The first kappa shape index (κ1) is 22.7. The molecule has 0 bridgehead atoms. The molecule has 0 fully saturated rings. The number of imidazole rings is 1. The standard InChI is InChI=1S/C23H24Cl3N3O/c1-3-4-5-6-13-29(2)23(30)22-27-20(15-7-9-16(24)10-8-15)21(28-22)18-12-11-17(25)14-19(18)26/h7-12,14H,3-6,13H2,1-2H3,(H,27,28). The number of aromatic amines is 1. The van der Waals surface area contributed by atoms with Gasteiger partial charge >= 0.3 is 0 Å². The van der Waals surface area contributed by atoms with Gasteiger partial charge in [0.1, 0.15) is 0 Å². The van der Waals surface area contributed by atoms with Gasteiger partial charge in [-0.15, -0.1) is 0 Å². The first-order chi connectivity index (χ1) is 14.4. The van der Waals surface area contributed by atoms with E-state index in [4.69, 9.17) is 34.8 Å². The fourth-order valence-corrected chi connectivity index (χ4v) is 3.87. The summed E-state index contributed by atoms with van der Waals surface area (Å²) in [6.07, 6.45) is 4.40. The molecule has 0 saturated heterocycles. The molecule has 0 atom stereocenters. The molecule has 3 rings (SSSR count). The van der Waals surface area contributed by atoms with Crippen LogP contribution in [0.1, 0.15) is 43.2 Å². The molecule has 0 spiro atoms. The maximum Gasteiger partial charge on any atom is 0.289 e. The second kappa shape index (κ2) is 10.3. The van der Waals surface area contributed by atoms with Crippen molar-refractivity contribution in [2.24, 2.45) is 0 Å². The van der Waals surface area contributed by atoms with Gasteiger partial charge < -0.3 is 9.88 Å². The number of rotatable bonds is 8. The van der Waals surface area contributed by atoms with E-state index in [1.807, 2.05) is 18.2 Å². The highest BCUT2D eigenvalue weighted by Crippen LogP contribution is 2.36. The molecule has 158 valence electrons. The van der Waals surface area contributed by atoms with Crippen molar-refractivity contribution in [3.63, 3.8) is 0 Å². The van der Waals surface area contributed by atoms with E-state index in [9.17, 15) is 4.79 Å². The molecule has 1 N–H and O–H groups in total. The first-order valence-corrected chi connectivity index (χ1v) is 11.1. The summed E-state index contributed by atoms with van der Waals surface area (Å²) in [6, 6.07) is 12.6. The van der Waals surface area contributed by atoms with Gasteiger partial charge in [0.05, 0.1) is 16.4 Å². The summed E-state index contributed by atoms with van der Waals surface area (Å²) in [5.41, 5.74) is 2.87. The maximum atomic E-state index is 13.0. The molecule has 7 heteroatoms. The van der Waals surface area contributed by atoms with Gasteiger partial charge in [0.15, 0.2) is 5.82 Å². The van der Waals surface area contributed by atoms with Gasteiger partial charge in [-0.1, -0.05) is 73.1 Å². The number of aromatic nitrogens is 2. The van der Waals surface area contributed by atoms with Gasteiger partial charge in [0.25, 0.3) is 5.91 Å². The summed E-state index contributed by atoms with van der Waals surface area (Å²) in [5, 5.41) is 1.65. The molecular weight excluding hydrogens is 441 g/mol. The molecule has 0 aliphatic carbocycles. The van der Waals surface area contributed by atoms with Crippen LogP contribution in [-0.4, -0.2) is 34.4 Å². The van der Waals surface area contributed by atoms with E-state index in [0.717, 1.165) is 30.4 Å². The molecule has 0 radical (unpaired) electrons. The number of carbonyl (C=O) groups is 1. The number of H-pyrrole nitrogens is 1. The third-order valence-corrected chi connectivity index (χ3v) is 5.72. The minimum Gasteiger partial charge on any atom is -0.339 e. The van der Waals surface area contributed by atoms with Crippen molar-refractivity contribution < 1.29 is 4.79 Å². The number of carbonyl (C=O) groups excluding carboxylic acids is 1. The van der Waals surface area contributed by atoms with Crippen molar-refractivity contribution in [1.29, 1.82) is 0 Å². The molecule has 2 aromatic carbocycles. The normalized spacial score (nSPS) is 11.0.